The Kier molecular flexibility index (Phi) is 8.55. The lowest BCUT2D eigenvalue weighted by Crippen LogP contribution is -2.13. The minimum absolute atomic E-state index is 0.0793. The molecule has 88 valence electrons. The number of esters is 2. The van der Waals surface area contributed by atoms with Crippen molar-refractivity contribution in [3.05, 3.63) is 12.7 Å². The number of nitriles is 1. The van der Waals surface area contributed by atoms with Gasteiger partial charge in [0.1, 0.15) is 19.6 Å². The van der Waals surface area contributed by atoms with Crippen molar-refractivity contribution < 1.29 is 23.8 Å². The molecule has 0 spiro atoms. The zero-order valence-corrected chi connectivity index (χ0v) is 8.81. The number of carbonyl (C=O) groups is 2. The molecule has 0 aromatic rings. The third-order valence-corrected chi connectivity index (χ3v) is 1.35. The number of rotatable bonds is 8. The van der Waals surface area contributed by atoms with Crippen LogP contribution in [-0.4, -0.2) is 38.4 Å². The van der Waals surface area contributed by atoms with Crippen molar-refractivity contribution >= 4 is 11.9 Å². The number of hydrogen-bond donors (Lipinski definition) is 0. The molecule has 6 nitrogen and oxygen atoms in total. The van der Waals surface area contributed by atoms with Crippen molar-refractivity contribution in [2.75, 3.05) is 26.4 Å². The Morgan fingerprint density at radius 2 is 1.81 bits per heavy atom. The lowest BCUT2D eigenvalue weighted by Gasteiger charge is -2.04. The third-order valence-electron chi connectivity index (χ3n) is 1.35. The fourth-order valence-electron chi connectivity index (χ4n) is 0.692. The summed E-state index contributed by atoms with van der Waals surface area (Å²) in [5, 5.41) is 8.15. The Morgan fingerprint density at radius 3 is 2.38 bits per heavy atom. The van der Waals surface area contributed by atoms with Gasteiger partial charge in [0, 0.05) is 6.08 Å². The van der Waals surface area contributed by atoms with Crippen LogP contribution in [0.3, 0.4) is 0 Å². The predicted octanol–water partition coefficient (Wildman–Crippen LogP) is 0.189. The van der Waals surface area contributed by atoms with Crippen molar-refractivity contribution in [3.8, 4) is 6.07 Å². The second-order valence-electron chi connectivity index (χ2n) is 2.54. The summed E-state index contributed by atoms with van der Waals surface area (Å²) >= 11 is 0. The smallest absolute Gasteiger partial charge is 0.330 e. The highest BCUT2D eigenvalue weighted by Gasteiger charge is 2.00. The standard InChI is InChI=1S/C10H13NO5/c1-2-9(12)15-7-5-14-6-8-16-10(13)3-4-11/h2H,1,3,5-8H2. The average Bonchev–Trinajstić information content (AvgIpc) is 2.27. The maximum Gasteiger partial charge on any atom is 0.330 e. The summed E-state index contributed by atoms with van der Waals surface area (Å²) in [6.07, 6.45) is 0.792. The van der Waals surface area contributed by atoms with Crippen molar-refractivity contribution in [2.45, 2.75) is 6.42 Å². The first kappa shape index (κ1) is 14.1. The molecular weight excluding hydrogens is 214 g/mol. The highest BCUT2D eigenvalue weighted by molar-refractivity contribution is 5.81. The van der Waals surface area contributed by atoms with Gasteiger partial charge in [-0.25, -0.2) is 4.79 Å². The molecule has 0 aliphatic carbocycles. The van der Waals surface area contributed by atoms with Crippen LogP contribution >= 0.6 is 0 Å². The molecular formula is C10H13NO5. The SMILES string of the molecule is C=CC(=O)OCCOCCOC(=O)CC#N. The fourth-order valence-corrected chi connectivity index (χ4v) is 0.692. The van der Waals surface area contributed by atoms with E-state index < -0.39 is 11.9 Å². The molecule has 16 heavy (non-hydrogen) atoms. The van der Waals surface area contributed by atoms with Gasteiger partial charge in [0.15, 0.2) is 0 Å². The molecule has 0 radical (unpaired) electrons. The van der Waals surface area contributed by atoms with E-state index in [1.54, 1.807) is 6.07 Å². The molecule has 0 atom stereocenters. The van der Waals surface area contributed by atoms with Gasteiger partial charge in [0.2, 0.25) is 0 Å². The second kappa shape index (κ2) is 9.68. The minimum Gasteiger partial charge on any atom is -0.462 e. The highest BCUT2D eigenvalue weighted by atomic mass is 16.6. The second-order valence-corrected chi connectivity index (χ2v) is 2.54. The molecule has 0 saturated heterocycles. The normalized spacial score (nSPS) is 8.94. The molecule has 6 heteroatoms. The average molecular weight is 227 g/mol. The highest BCUT2D eigenvalue weighted by Crippen LogP contribution is 1.86. The molecule has 0 aromatic heterocycles. The molecule has 0 aliphatic rings. The molecule has 0 unspecified atom stereocenters. The number of nitrogens with zero attached hydrogens (tertiary/aromatic N) is 1. The van der Waals surface area contributed by atoms with Gasteiger partial charge in [-0.2, -0.15) is 5.26 Å². The van der Waals surface area contributed by atoms with Crippen LogP contribution in [0.15, 0.2) is 12.7 Å². The summed E-state index contributed by atoms with van der Waals surface area (Å²) in [7, 11) is 0. The topological polar surface area (TPSA) is 85.6 Å². The molecule has 0 bridgehead atoms. The van der Waals surface area contributed by atoms with Gasteiger partial charge in [-0.1, -0.05) is 6.58 Å². The van der Waals surface area contributed by atoms with E-state index in [0.29, 0.717) is 0 Å². The predicted molar refractivity (Wildman–Crippen MR) is 53.2 cm³/mol. The molecule has 0 aromatic carbocycles. The van der Waals surface area contributed by atoms with Gasteiger partial charge in [-0.3, -0.25) is 4.79 Å². The van der Waals surface area contributed by atoms with Gasteiger partial charge in [0.25, 0.3) is 0 Å². The Hall–Kier alpha value is -1.87. The van der Waals surface area contributed by atoms with Crippen molar-refractivity contribution in [2.24, 2.45) is 0 Å². The molecule has 0 aliphatic heterocycles. The number of ether oxygens (including phenoxy) is 3. The maximum atomic E-state index is 10.7. The lowest BCUT2D eigenvalue weighted by molar-refractivity contribution is -0.144. The monoisotopic (exact) mass is 227 g/mol. The Morgan fingerprint density at radius 1 is 1.19 bits per heavy atom. The minimum atomic E-state index is -0.579. The Balaban J connectivity index is 3.22. The maximum absolute atomic E-state index is 10.7. The van der Waals surface area contributed by atoms with Crippen LogP contribution in [0, 0.1) is 11.3 Å². The van der Waals surface area contributed by atoms with Crippen LogP contribution in [-0.2, 0) is 23.8 Å². The van der Waals surface area contributed by atoms with Gasteiger partial charge < -0.3 is 14.2 Å². The van der Waals surface area contributed by atoms with E-state index in [1.807, 2.05) is 0 Å². The third kappa shape index (κ3) is 8.72. The largest absolute Gasteiger partial charge is 0.462 e. The van der Waals surface area contributed by atoms with Crippen molar-refractivity contribution in [1.82, 2.24) is 0 Å². The van der Waals surface area contributed by atoms with E-state index in [0.717, 1.165) is 6.08 Å². The van der Waals surface area contributed by atoms with Crippen LogP contribution in [0.4, 0.5) is 0 Å². The molecule has 0 fully saturated rings. The summed E-state index contributed by atoms with van der Waals surface area (Å²) in [4.78, 5) is 21.2. The van der Waals surface area contributed by atoms with Gasteiger partial charge in [0.05, 0.1) is 19.3 Å². The summed E-state index contributed by atoms with van der Waals surface area (Å²) in [6.45, 7) is 3.84. The first-order chi connectivity index (χ1) is 7.70. The molecule has 0 heterocycles. The summed E-state index contributed by atoms with van der Waals surface area (Å²) in [5.74, 6) is -1.09. The van der Waals surface area contributed by atoms with Crippen molar-refractivity contribution in [3.63, 3.8) is 0 Å². The molecule has 0 N–H and O–H groups in total. The van der Waals surface area contributed by atoms with E-state index in [9.17, 15) is 9.59 Å². The van der Waals surface area contributed by atoms with Crippen LogP contribution < -0.4 is 0 Å². The van der Waals surface area contributed by atoms with Crippen LogP contribution in [0.5, 0.6) is 0 Å². The van der Waals surface area contributed by atoms with Crippen LogP contribution in [0.2, 0.25) is 0 Å². The molecule has 0 amide bonds. The van der Waals surface area contributed by atoms with E-state index in [1.165, 1.54) is 0 Å². The first-order valence-electron chi connectivity index (χ1n) is 4.60. The van der Waals surface area contributed by atoms with Crippen LogP contribution in [0.1, 0.15) is 6.42 Å². The fraction of sp³-hybridized carbons (Fsp3) is 0.500. The summed E-state index contributed by atoms with van der Waals surface area (Å²) in [6, 6.07) is 1.67. The van der Waals surface area contributed by atoms with Crippen molar-refractivity contribution in [1.29, 1.82) is 5.26 Å². The zero-order valence-electron chi connectivity index (χ0n) is 8.81. The van der Waals surface area contributed by atoms with Gasteiger partial charge in [-0.05, 0) is 0 Å². The summed E-state index contributed by atoms with van der Waals surface area (Å²) < 4.78 is 14.2. The van der Waals surface area contributed by atoms with E-state index in [2.05, 4.69) is 16.1 Å². The number of hydrogen-bond acceptors (Lipinski definition) is 6. The molecule has 0 rings (SSSR count). The molecule has 0 saturated carbocycles. The van der Waals surface area contributed by atoms with E-state index >= 15 is 0 Å². The quantitative estimate of drug-likeness (QED) is 0.334. The zero-order chi connectivity index (χ0) is 12.2. The van der Waals surface area contributed by atoms with E-state index in [-0.39, 0.29) is 32.8 Å². The first-order valence-corrected chi connectivity index (χ1v) is 4.60. The van der Waals surface area contributed by atoms with Gasteiger partial charge >= 0.3 is 11.9 Å². The Bertz CT molecular complexity index is 281. The van der Waals surface area contributed by atoms with Gasteiger partial charge in [-0.15, -0.1) is 0 Å². The summed E-state index contributed by atoms with van der Waals surface area (Å²) in [5.41, 5.74) is 0. The van der Waals surface area contributed by atoms with E-state index in [4.69, 9.17) is 10.00 Å². The lowest BCUT2D eigenvalue weighted by atomic mass is 10.5. The van der Waals surface area contributed by atoms with Crippen LogP contribution in [0.25, 0.3) is 0 Å². The number of carbonyl (C=O) groups excluding carboxylic acids is 2. The Labute approximate surface area is 93.4 Å².